The topological polar surface area (TPSA) is 91.7 Å². The summed E-state index contributed by atoms with van der Waals surface area (Å²) in [4.78, 5) is 28.1. The molecule has 3 aromatic rings. The van der Waals surface area contributed by atoms with Crippen molar-refractivity contribution in [2.24, 2.45) is 5.10 Å². The van der Waals surface area contributed by atoms with Crippen LogP contribution in [-0.2, 0) is 4.79 Å². The summed E-state index contributed by atoms with van der Waals surface area (Å²) in [5.74, 6) is -1.31. The van der Waals surface area contributed by atoms with Crippen LogP contribution >= 0.6 is 23.1 Å². The molecule has 2 aromatic carbocycles. The number of thioether (sulfide) groups is 1. The molecule has 0 aliphatic rings. The van der Waals surface area contributed by atoms with Gasteiger partial charge in [-0.1, -0.05) is 42.1 Å². The van der Waals surface area contributed by atoms with Gasteiger partial charge in [0.05, 0.1) is 26.7 Å². The molecule has 0 unspecified atom stereocenters. The number of carbonyl (C=O) groups excluding carboxylic acids is 1. The minimum Gasteiger partial charge on any atom is -0.478 e. The smallest absolute Gasteiger partial charge is 0.336 e. The number of amides is 1. The number of aromatic carboxylic acids is 1. The highest BCUT2D eigenvalue weighted by Gasteiger charge is 2.17. The van der Waals surface area contributed by atoms with Crippen molar-refractivity contribution >= 4 is 50.9 Å². The first-order valence-corrected chi connectivity index (χ1v) is 9.84. The number of para-hydroxylation sites is 1. The Morgan fingerprint density at radius 1 is 1.15 bits per heavy atom. The molecule has 27 heavy (non-hydrogen) atoms. The molecule has 0 fully saturated rings. The van der Waals surface area contributed by atoms with Crippen LogP contribution in [0, 0.1) is 0 Å². The molecule has 0 saturated heterocycles. The number of aromatic nitrogens is 1. The van der Waals surface area contributed by atoms with Crippen LogP contribution in [0.15, 0.2) is 58.0 Å². The van der Waals surface area contributed by atoms with Crippen molar-refractivity contribution in [2.45, 2.75) is 23.4 Å². The summed E-state index contributed by atoms with van der Waals surface area (Å²) in [5, 5.41) is 12.9. The van der Waals surface area contributed by atoms with Crippen molar-refractivity contribution in [2.75, 3.05) is 0 Å². The van der Waals surface area contributed by atoms with E-state index in [1.54, 1.807) is 43.4 Å². The van der Waals surface area contributed by atoms with Gasteiger partial charge in [-0.15, -0.1) is 11.3 Å². The molecule has 138 valence electrons. The van der Waals surface area contributed by atoms with Gasteiger partial charge in [0, 0.05) is 5.56 Å². The van der Waals surface area contributed by atoms with Crippen LogP contribution in [0.1, 0.15) is 29.8 Å². The number of rotatable bonds is 6. The molecule has 0 radical (unpaired) electrons. The van der Waals surface area contributed by atoms with Gasteiger partial charge in [0.25, 0.3) is 5.91 Å². The summed E-state index contributed by atoms with van der Waals surface area (Å²) in [7, 11) is 0. The number of carbonyl (C=O) groups is 2. The molecule has 8 heteroatoms. The van der Waals surface area contributed by atoms with E-state index in [1.165, 1.54) is 17.8 Å². The number of carboxylic acids is 1. The summed E-state index contributed by atoms with van der Waals surface area (Å²) in [5.41, 5.74) is 4.47. The van der Waals surface area contributed by atoms with E-state index in [1.807, 2.05) is 24.3 Å². The van der Waals surface area contributed by atoms with Gasteiger partial charge in [0.2, 0.25) is 0 Å². The average molecular weight is 399 g/mol. The summed E-state index contributed by atoms with van der Waals surface area (Å²) in [6, 6.07) is 14.4. The second-order valence-corrected chi connectivity index (χ2v) is 8.35. The Hall–Kier alpha value is -2.71. The highest BCUT2D eigenvalue weighted by Crippen LogP contribution is 2.31. The van der Waals surface area contributed by atoms with Gasteiger partial charge >= 0.3 is 5.97 Å². The maximum atomic E-state index is 12.3. The number of hydrazone groups is 1. The van der Waals surface area contributed by atoms with E-state index in [0.29, 0.717) is 11.3 Å². The summed E-state index contributed by atoms with van der Waals surface area (Å²) in [6.07, 6.45) is 0. The van der Waals surface area contributed by atoms with Crippen molar-refractivity contribution in [1.29, 1.82) is 0 Å². The van der Waals surface area contributed by atoms with E-state index >= 15 is 0 Å². The predicted octanol–water partition coefficient (Wildman–Crippen LogP) is 4.02. The fourth-order valence-corrected chi connectivity index (χ4v) is 4.59. The lowest BCUT2D eigenvalue weighted by Crippen LogP contribution is -2.27. The number of hydrogen-bond donors (Lipinski definition) is 2. The van der Waals surface area contributed by atoms with Crippen LogP contribution in [0.25, 0.3) is 10.2 Å². The van der Waals surface area contributed by atoms with Gasteiger partial charge in [-0.05, 0) is 32.0 Å². The minimum atomic E-state index is -1.04. The Morgan fingerprint density at radius 2 is 1.81 bits per heavy atom. The molecular formula is C19H17N3O3S2. The van der Waals surface area contributed by atoms with E-state index in [9.17, 15) is 14.7 Å². The van der Waals surface area contributed by atoms with E-state index in [4.69, 9.17) is 0 Å². The number of carboxylic acid groups (broad SMARTS) is 1. The van der Waals surface area contributed by atoms with Crippen molar-refractivity contribution in [3.05, 3.63) is 59.7 Å². The monoisotopic (exact) mass is 399 g/mol. The van der Waals surface area contributed by atoms with Gasteiger partial charge in [-0.25, -0.2) is 15.2 Å². The molecule has 0 aliphatic carbocycles. The lowest BCUT2D eigenvalue weighted by molar-refractivity contribution is -0.120. The number of thiazole rings is 1. The van der Waals surface area contributed by atoms with E-state index in [-0.39, 0.29) is 11.5 Å². The van der Waals surface area contributed by atoms with Crippen molar-refractivity contribution in [3.63, 3.8) is 0 Å². The Morgan fingerprint density at radius 3 is 2.52 bits per heavy atom. The van der Waals surface area contributed by atoms with Crippen LogP contribution in [-0.4, -0.2) is 32.9 Å². The van der Waals surface area contributed by atoms with Gasteiger partial charge in [0.15, 0.2) is 4.34 Å². The molecule has 2 N–H and O–H groups in total. The fraction of sp³-hybridized carbons (Fsp3) is 0.158. The first-order chi connectivity index (χ1) is 13.0. The lowest BCUT2D eigenvalue weighted by Gasteiger charge is -2.09. The maximum absolute atomic E-state index is 12.3. The second-order valence-electron chi connectivity index (χ2n) is 5.73. The van der Waals surface area contributed by atoms with Crippen molar-refractivity contribution in [1.82, 2.24) is 10.4 Å². The number of hydrogen-bond acceptors (Lipinski definition) is 6. The Kier molecular flexibility index (Phi) is 5.88. The van der Waals surface area contributed by atoms with Gasteiger partial charge < -0.3 is 5.11 Å². The standard InChI is InChI=1S/C19H17N3O3S2/c1-11(13-7-3-4-8-14(13)18(24)25)21-22-17(23)12(2)26-19-20-15-9-5-6-10-16(15)27-19/h3-10,12H,1-2H3,(H,22,23)(H,24,25)/b21-11+/t12-/m0/s1. The van der Waals surface area contributed by atoms with Crippen LogP contribution in [0.2, 0.25) is 0 Å². The normalized spacial score (nSPS) is 12.7. The average Bonchev–Trinajstić information content (AvgIpc) is 3.07. The molecule has 1 amide bonds. The zero-order chi connectivity index (χ0) is 19.4. The molecule has 1 heterocycles. The first kappa shape index (κ1) is 19.1. The predicted molar refractivity (Wildman–Crippen MR) is 109 cm³/mol. The van der Waals surface area contributed by atoms with Crippen LogP contribution in [0.4, 0.5) is 0 Å². The lowest BCUT2D eigenvalue weighted by atomic mass is 10.0. The highest BCUT2D eigenvalue weighted by molar-refractivity contribution is 8.02. The minimum absolute atomic E-state index is 0.143. The van der Waals surface area contributed by atoms with Gasteiger partial charge in [-0.2, -0.15) is 5.10 Å². The fourth-order valence-electron chi connectivity index (χ4n) is 2.38. The molecule has 0 aliphatic heterocycles. The SMILES string of the molecule is C/C(=N\NC(=O)[C@H](C)Sc1nc2ccccc2s1)c1ccccc1C(=O)O. The summed E-state index contributed by atoms with van der Waals surface area (Å²) < 4.78 is 1.89. The largest absolute Gasteiger partial charge is 0.478 e. The van der Waals surface area contributed by atoms with Crippen LogP contribution in [0.3, 0.4) is 0 Å². The molecule has 0 spiro atoms. The molecule has 0 saturated carbocycles. The van der Waals surface area contributed by atoms with Crippen molar-refractivity contribution < 1.29 is 14.7 Å². The summed E-state index contributed by atoms with van der Waals surface area (Å²) in [6.45, 7) is 3.44. The van der Waals surface area contributed by atoms with E-state index in [0.717, 1.165) is 14.6 Å². The quantitative estimate of drug-likeness (QED) is 0.371. The Balaban J connectivity index is 1.67. The van der Waals surface area contributed by atoms with Crippen LogP contribution < -0.4 is 5.43 Å². The zero-order valence-corrected chi connectivity index (χ0v) is 16.3. The molecule has 1 atom stereocenters. The Labute approximate surface area is 164 Å². The molecule has 1 aromatic heterocycles. The zero-order valence-electron chi connectivity index (χ0n) is 14.7. The maximum Gasteiger partial charge on any atom is 0.336 e. The first-order valence-electron chi connectivity index (χ1n) is 8.15. The van der Waals surface area contributed by atoms with Crippen LogP contribution in [0.5, 0.6) is 0 Å². The van der Waals surface area contributed by atoms with E-state index < -0.39 is 11.2 Å². The Bertz CT molecular complexity index is 997. The molecular weight excluding hydrogens is 382 g/mol. The summed E-state index contributed by atoms with van der Waals surface area (Å²) >= 11 is 2.91. The number of fused-ring (bicyclic) bond motifs is 1. The van der Waals surface area contributed by atoms with Gasteiger partial charge in [0.1, 0.15) is 0 Å². The third-order valence-electron chi connectivity index (χ3n) is 3.80. The molecule has 6 nitrogen and oxygen atoms in total. The highest BCUT2D eigenvalue weighted by atomic mass is 32.2. The van der Waals surface area contributed by atoms with Gasteiger partial charge in [-0.3, -0.25) is 4.79 Å². The second kappa shape index (κ2) is 8.32. The number of nitrogens with one attached hydrogen (secondary N) is 1. The molecule has 0 bridgehead atoms. The number of benzene rings is 2. The third-order valence-corrected chi connectivity index (χ3v) is 6.03. The molecule has 3 rings (SSSR count). The number of nitrogens with zero attached hydrogens (tertiary/aromatic N) is 2. The van der Waals surface area contributed by atoms with E-state index in [2.05, 4.69) is 15.5 Å². The third kappa shape index (κ3) is 4.53. The van der Waals surface area contributed by atoms with Crippen molar-refractivity contribution in [3.8, 4) is 0 Å².